The Kier molecular flexibility index (Phi) is 4.18. The molecule has 0 heterocycles. The van der Waals surface area contributed by atoms with Crippen LogP contribution in [0.2, 0.25) is 0 Å². The molecule has 0 aliphatic heterocycles. The van der Waals surface area contributed by atoms with Crippen LogP contribution in [0.25, 0.3) is 0 Å². The molecule has 0 aromatic carbocycles. The summed E-state index contributed by atoms with van der Waals surface area (Å²) in [5.74, 6) is -0.893. The average Bonchev–Trinajstić information content (AvgIpc) is 2.87. The summed E-state index contributed by atoms with van der Waals surface area (Å²) in [4.78, 5) is 10.3. The number of nitrogens with two attached hydrogens (primary N) is 1. The lowest BCUT2D eigenvalue weighted by atomic mass is 10.1. The van der Waals surface area contributed by atoms with E-state index in [1.807, 2.05) is 0 Å². The van der Waals surface area contributed by atoms with Crippen LogP contribution in [0, 0.1) is 0 Å². The van der Waals surface area contributed by atoms with Crippen LogP contribution in [-0.4, -0.2) is 29.7 Å². The third-order valence-corrected chi connectivity index (χ3v) is 2.27. The van der Waals surface area contributed by atoms with Crippen molar-refractivity contribution in [3.63, 3.8) is 0 Å². The lowest BCUT2D eigenvalue weighted by Crippen LogP contribution is -2.30. The van der Waals surface area contributed by atoms with Gasteiger partial charge in [-0.2, -0.15) is 0 Å². The van der Waals surface area contributed by atoms with Gasteiger partial charge in [0.05, 0.1) is 0 Å². The molecule has 4 heteroatoms. The monoisotopic (exact) mass is 186 g/mol. The Balaban J connectivity index is 1.84. The van der Waals surface area contributed by atoms with Gasteiger partial charge >= 0.3 is 5.97 Å². The lowest BCUT2D eigenvalue weighted by Gasteiger charge is -2.06. The number of unbranched alkanes of at least 4 members (excludes halogenated alkanes) is 1. The zero-order valence-electron chi connectivity index (χ0n) is 7.83. The lowest BCUT2D eigenvalue weighted by molar-refractivity contribution is -0.138. The van der Waals surface area contributed by atoms with Crippen molar-refractivity contribution < 1.29 is 9.90 Å². The van der Waals surface area contributed by atoms with E-state index in [1.54, 1.807) is 0 Å². The molecule has 76 valence electrons. The molecule has 13 heavy (non-hydrogen) atoms. The van der Waals surface area contributed by atoms with Crippen LogP contribution in [0.4, 0.5) is 0 Å². The molecule has 4 N–H and O–H groups in total. The van der Waals surface area contributed by atoms with Crippen molar-refractivity contribution >= 4 is 5.97 Å². The van der Waals surface area contributed by atoms with Gasteiger partial charge in [0.1, 0.15) is 6.04 Å². The van der Waals surface area contributed by atoms with Gasteiger partial charge in [0.2, 0.25) is 0 Å². The summed E-state index contributed by atoms with van der Waals surface area (Å²) in [6.45, 7) is 0.997. The molecule has 1 saturated carbocycles. The van der Waals surface area contributed by atoms with Crippen molar-refractivity contribution in [2.45, 2.75) is 44.2 Å². The molecular formula is C9H18N2O2. The van der Waals surface area contributed by atoms with Gasteiger partial charge in [-0.25, -0.2) is 0 Å². The highest BCUT2D eigenvalue weighted by molar-refractivity contribution is 5.72. The fourth-order valence-corrected chi connectivity index (χ4v) is 1.21. The second-order valence-electron chi connectivity index (χ2n) is 3.67. The predicted octanol–water partition coefficient (Wildman–Crippen LogP) is 0.321. The minimum Gasteiger partial charge on any atom is -0.480 e. The highest BCUT2D eigenvalue weighted by atomic mass is 16.4. The molecular weight excluding hydrogens is 168 g/mol. The summed E-state index contributed by atoms with van der Waals surface area (Å²) in [6, 6.07) is 0.0640. The number of hydrogen-bond acceptors (Lipinski definition) is 3. The number of carboxylic acid groups (broad SMARTS) is 1. The van der Waals surface area contributed by atoms with Crippen LogP contribution in [-0.2, 0) is 4.79 Å². The van der Waals surface area contributed by atoms with Crippen LogP contribution in [0.5, 0.6) is 0 Å². The van der Waals surface area contributed by atoms with Crippen LogP contribution >= 0.6 is 0 Å². The summed E-state index contributed by atoms with van der Waals surface area (Å²) in [5, 5.41) is 11.9. The first kappa shape index (κ1) is 10.5. The summed E-state index contributed by atoms with van der Waals surface area (Å²) in [5.41, 5.74) is 5.35. The summed E-state index contributed by atoms with van der Waals surface area (Å²) < 4.78 is 0. The van der Waals surface area contributed by atoms with E-state index in [9.17, 15) is 4.79 Å². The fourth-order valence-electron chi connectivity index (χ4n) is 1.21. The topological polar surface area (TPSA) is 75.3 Å². The number of nitrogens with one attached hydrogen (secondary N) is 1. The van der Waals surface area contributed by atoms with E-state index >= 15 is 0 Å². The van der Waals surface area contributed by atoms with E-state index in [1.165, 1.54) is 12.8 Å². The number of hydrogen-bond donors (Lipinski definition) is 3. The Hall–Kier alpha value is -0.610. The second-order valence-corrected chi connectivity index (χ2v) is 3.67. The van der Waals surface area contributed by atoms with Crippen LogP contribution in [0.15, 0.2) is 0 Å². The van der Waals surface area contributed by atoms with E-state index in [0.717, 1.165) is 25.4 Å². The molecule has 0 aromatic rings. The molecule has 1 fully saturated rings. The van der Waals surface area contributed by atoms with Crippen molar-refractivity contribution in [2.75, 3.05) is 6.54 Å². The molecule has 4 nitrogen and oxygen atoms in total. The molecule has 0 bridgehead atoms. The first-order valence-electron chi connectivity index (χ1n) is 4.92. The Bertz CT molecular complexity index is 169. The predicted molar refractivity (Wildman–Crippen MR) is 50.5 cm³/mol. The summed E-state index contributed by atoms with van der Waals surface area (Å²) in [7, 11) is 0. The van der Waals surface area contributed by atoms with Gasteiger partial charge in [-0.15, -0.1) is 0 Å². The smallest absolute Gasteiger partial charge is 0.320 e. The standard InChI is InChI=1S/C9H18N2O2/c10-8(9(12)13)3-1-2-6-11-7-4-5-7/h7-8,11H,1-6,10H2,(H,12,13)/t8-/m0/s1. The maximum Gasteiger partial charge on any atom is 0.320 e. The minimum absolute atomic E-state index is 0.585. The van der Waals surface area contributed by atoms with Gasteiger partial charge in [-0.1, -0.05) is 6.42 Å². The van der Waals surface area contributed by atoms with Gasteiger partial charge in [0.15, 0.2) is 0 Å². The van der Waals surface area contributed by atoms with Crippen molar-refractivity contribution in [3.8, 4) is 0 Å². The largest absolute Gasteiger partial charge is 0.480 e. The third kappa shape index (κ3) is 4.85. The number of aliphatic carboxylic acids is 1. The number of rotatable bonds is 7. The minimum atomic E-state index is -0.893. The van der Waals surface area contributed by atoms with E-state index in [0.29, 0.717) is 6.42 Å². The van der Waals surface area contributed by atoms with Crippen LogP contribution in [0.1, 0.15) is 32.1 Å². The highest BCUT2D eigenvalue weighted by Crippen LogP contribution is 2.18. The summed E-state index contributed by atoms with van der Waals surface area (Å²) in [6.07, 6.45) is 5.11. The Labute approximate surface area is 78.5 Å². The molecule has 0 radical (unpaired) electrons. The van der Waals surface area contributed by atoms with Gasteiger partial charge in [-0.3, -0.25) is 4.79 Å². The Morgan fingerprint density at radius 3 is 2.77 bits per heavy atom. The average molecular weight is 186 g/mol. The molecule has 0 aromatic heterocycles. The second kappa shape index (κ2) is 5.19. The van der Waals surface area contributed by atoms with E-state index in [2.05, 4.69) is 5.32 Å². The molecule has 1 rings (SSSR count). The first-order chi connectivity index (χ1) is 6.20. The van der Waals surface area contributed by atoms with E-state index < -0.39 is 12.0 Å². The third-order valence-electron chi connectivity index (χ3n) is 2.27. The zero-order valence-corrected chi connectivity index (χ0v) is 7.83. The van der Waals surface area contributed by atoms with Gasteiger partial charge in [0.25, 0.3) is 0 Å². The van der Waals surface area contributed by atoms with Gasteiger partial charge in [-0.05, 0) is 32.2 Å². The molecule has 0 saturated heterocycles. The SMILES string of the molecule is N[C@@H](CCCCNC1CC1)C(=O)O. The van der Waals surface area contributed by atoms with Gasteiger partial charge < -0.3 is 16.2 Å². The molecule has 0 unspecified atom stereocenters. The van der Waals surface area contributed by atoms with Crippen LogP contribution < -0.4 is 11.1 Å². The normalized spacial score (nSPS) is 18.5. The van der Waals surface area contributed by atoms with Gasteiger partial charge in [0, 0.05) is 6.04 Å². The maximum absolute atomic E-state index is 10.3. The van der Waals surface area contributed by atoms with Crippen molar-refractivity contribution in [3.05, 3.63) is 0 Å². The maximum atomic E-state index is 10.3. The number of carboxylic acids is 1. The zero-order chi connectivity index (χ0) is 9.68. The summed E-state index contributed by atoms with van der Waals surface area (Å²) >= 11 is 0. The quantitative estimate of drug-likeness (QED) is 0.500. The van der Waals surface area contributed by atoms with E-state index in [-0.39, 0.29) is 0 Å². The first-order valence-corrected chi connectivity index (χ1v) is 4.92. The molecule has 1 aliphatic rings. The Morgan fingerprint density at radius 1 is 1.54 bits per heavy atom. The van der Waals surface area contributed by atoms with E-state index in [4.69, 9.17) is 10.8 Å². The molecule has 0 spiro atoms. The van der Waals surface area contributed by atoms with Crippen molar-refractivity contribution in [1.82, 2.24) is 5.32 Å². The number of carbonyl (C=O) groups is 1. The highest BCUT2D eigenvalue weighted by Gasteiger charge is 2.19. The van der Waals surface area contributed by atoms with Crippen molar-refractivity contribution in [1.29, 1.82) is 0 Å². The molecule has 1 aliphatic carbocycles. The molecule has 1 atom stereocenters. The fraction of sp³-hybridized carbons (Fsp3) is 0.889. The molecule has 0 amide bonds. The van der Waals surface area contributed by atoms with Crippen LogP contribution in [0.3, 0.4) is 0 Å². The van der Waals surface area contributed by atoms with Crippen molar-refractivity contribution in [2.24, 2.45) is 5.73 Å². The Morgan fingerprint density at radius 2 is 2.23 bits per heavy atom.